The number of hydrogen-bond donors (Lipinski definition) is 0. The van der Waals surface area contributed by atoms with E-state index in [0.29, 0.717) is 24.6 Å². The molecular weight excluding hydrogens is 366 g/mol. The molecule has 4 rings (SSSR count). The molecule has 0 spiro atoms. The van der Waals surface area contributed by atoms with Crippen LogP contribution < -0.4 is 0 Å². The van der Waals surface area contributed by atoms with Crippen LogP contribution in [0.25, 0.3) is 11.4 Å². The molecule has 3 heterocycles. The number of pyridine rings is 1. The number of aryl methyl sites for hydroxylation is 2. The molecule has 0 unspecified atom stereocenters. The largest absolute Gasteiger partial charge is 0.340 e. The monoisotopic (exact) mass is 391 g/mol. The van der Waals surface area contributed by atoms with E-state index in [1.165, 1.54) is 11.1 Å². The maximum absolute atomic E-state index is 12.6. The smallest absolute Gasteiger partial charge is 0.227 e. The summed E-state index contributed by atoms with van der Waals surface area (Å²) >= 11 is 0. The zero-order chi connectivity index (χ0) is 20.1. The highest BCUT2D eigenvalue weighted by atomic mass is 16.5. The minimum absolute atomic E-state index is 0.140. The number of carbonyl (C=O) groups is 1. The molecule has 7 nitrogen and oxygen atoms in total. The molecule has 1 aliphatic rings. The van der Waals surface area contributed by atoms with Crippen molar-refractivity contribution >= 4 is 5.91 Å². The van der Waals surface area contributed by atoms with Crippen molar-refractivity contribution in [3.05, 3.63) is 65.8 Å². The van der Waals surface area contributed by atoms with Crippen LogP contribution in [0.3, 0.4) is 0 Å². The van der Waals surface area contributed by atoms with Crippen molar-refractivity contribution in [2.24, 2.45) is 0 Å². The third kappa shape index (κ3) is 5.06. The van der Waals surface area contributed by atoms with Gasteiger partial charge in [-0.3, -0.25) is 14.7 Å². The third-order valence-corrected chi connectivity index (χ3v) is 5.15. The second kappa shape index (κ2) is 8.96. The minimum atomic E-state index is 0.140. The third-order valence-electron chi connectivity index (χ3n) is 5.15. The van der Waals surface area contributed by atoms with Crippen LogP contribution in [0.4, 0.5) is 0 Å². The van der Waals surface area contributed by atoms with Crippen LogP contribution in [-0.2, 0) is 17.8 Å². The van der Waals surface area contributed by atoms with E-state index in [-0.39, 0.29) is 5.91 Å². The Kier molecular flexibility index (Phi) is 5.95. The summed E-state index contributed by atoms with van der Waals surface area (Å²) in [5, 5.41) is 3.98. The van der Waals surface area contributed by atoms with Crippen molar-refractivity contribution in [1.82, 2.24) is 24.9 Å². The Labute approximate surface area is 170 Å². The van der Waals surface area contributed by atoms with E-state index in [9.17, 15) is 4.79 Å². The zero-order valence-electron chi connectivity index (χ0n) is 16.6. The summed E-state index contributed by atoms with van der Waals surface area (Å²) in [6.45, 7) is 6.35. The van der Waals surface area contributed by atoms with Gasteiger partial charge in [0.2, 0.25) is 17.6 Å². The molecule has 1 aromatic carbocycles. The predicted molar refractivity (Wildman–Crippen MR) is 109 cm³/mol. The van der Waals surface area contributed by atoms with Gasteiger partial charge in [-0.15, -0.1) is 0 Å². The van der Waals surface area contributed by atoms with Gasteiger partial charge in [0.05, 0.1) is 0 Å². The number of carbonyl (C=O) groups excluding carboxylic acids is 1. The minimum Gasteiger partial charge on any atom is -0.340 e. The molecule has 3 aromatic rings. The van der Waals surface area contributed by atoms with Crippen LogP contribution in [-0.4, -0.2) is 57.0 Å². The van der Waals surface area contributed by atoms with Gasteiger partial charge in [-0.25, -0.2) is 0 Å². The van der Waals surface area contributed by atoms with Crippen LogP contribution in [0.5, 0.6) is 0 Å². The molecule has 1 amide bonds. The van der Waals surface area contributed by atoms with Crippen molar-refractivity contribution in [2.75, 3.05) is 26.2 Å². The van der Waals surface area contributed by atoms with Gasteiger partial charge < -0.3 is 9.42 Å². The Bertz CT molecular complexity index is 949. The number of piperazine rings is 1. The summed E-state index contributed by atoms with van der Waals surface area (Å²) in [4.78, 5) is 25.3. The second-order valence-electron chi connectivity index (χ2n) is 7.40. The lowest BCUT2D eigenvalue weighted by Crippen LogP contribution is -2.48. The fourth-order valence-corrected chi connectivity index (χ4v) is 3.56. The van der Waals surface area contributed by atoms with Gasteiger partial charge in [0.25, 0.3) is 0 Å². The SMILES string of the molecule is Cc1cccc(CN2CCN(C(=O)CCc3nc(-c4cccnc4)no3)CC2)c1. The van der Waals surface area contributed by atoms with E-state index in [1.54, 1.807) is 12.4 Å². The summed E-state index contributed by atoms with van der Waals surface area (Å²) in [6.07, 6.45) is 4.22. The average Bonchev–Trinajstić information content (AvgIpc) is 3.22. The first kappa shape index (κ1) is 19.3. The van der Waals surface area contributed by atoms with Crippen molar-refractivity contribution < 1.29 is 9.32 Å². The Morgan fingerprint density at radius 3 is 2.76 bits per heavy atom. The van der Waals surface area contributed by atoms with E-state index in [0.717, 1.165) is 38.3 Å². The summed E-state index contributed by atoms with van der Waals surface area (Å²) < 4.78 is 5.28. The highest BCUT2D eigenvalue weighted by molar-refractivity contribution is 5.76. The van der Waals surface area contributed by atoms with E-state index in [2.05, 4.69) is 51.2 Å². The number of rotatable bonds is 6. The fourth-order valence-electron chi connectivity index (χ4n) is 3.56. The molecule has 0 aliphatic carbocycles. The standard InChI is InChI=1S/C22H25N5O2/c1-17-4-2-5-18(14-17)16-26-10-12-27(13-11-26)21(28)8-7-20-24-22(25-29-20)19-6-3-9-23-15-19/h2-6,9,14-15H,7-8,10-13,16H2,1H3. The van der Waals surface area contributed by atoms with Crippen LogP contribution in [0.1, 0.15) is 23.4 Å². The highest BCUT2D eigenvalue weighted by Gasteiger charge is 2.21. The lowest BCUT2D eigenvalue weighted by atomic mass is 10.1. The van der Waals surface area contributed by atoms with Gasteiger partial charge in [-0.1, -0.05) is 35.0 Å². The van der Waals surface area contributed by atoms with Crippen LogP contribution in [0, 0.1) is 6.92 Å². The number of amides is 1. The molecule has 0 bridgehead atoms. The topological polar surface area (TPSA) is 75.4 Å². The molecule has 0 N–H and O–H groups in total. The van der Waals surface area contributed by atoms with Gasteiger partial charge in [0.15, 0.2) is 0 Å². The van der Waals surface area contributed by atoms with Crippen molar-refractivity contribution in [3.63, 3.8) is 0 Å². The molecule has 29 heavy (non-hydrogen) atoms. The summed E-state index contributed by atoms with van der Waals surface area (Å²) in [5.74, 6) is 1.13. The molecule has 0 radical (unpaired) electrons. The molecule has 7 heteroatoms. The van der Waals surface area contributed by atoms with E-state index < -0.39 is 0 Å². The molecule has 2 aromatic heterocycles. The fraction of sp³-hybridized carbons (Fsp3) is 0.364. The number of benzene rings is 1. The maximum Gasteiger partial charge on any atom is 0.227 e. The van der Waals surface area contributed by atoms with Gasteiger partial charge in [-0.2, -0.15) is 4.98 Å². The second-order valence-corrected chi connectivity index (χ2v) is 7.40. The number of nitrogens with zero attached hydrogens (tertiary/aromatic N) is 5. The molecule has 0 atom stereocenters. The normalized spacial score (nSPS) is 14.9. The molecule has 0 saturated carbocycles. The van der Waals surface area contributed by atoms with Gasteiger partial charge in [0.1, 0.15) is 0 Å². The first-order valence-corrected chi connectivity index (χ1v) is 9.96. The lowest BCUT2D eigenvalue weighted by molar-refractivity contribution is -0.133. The Morgan fingerprint density at radius 2 is 2.00 bits per heavy atom. The van der Waals surface area contributed by atoms with E-state index in [1.807, 2.05) is 17.0 Å². The van der Waals surface area contributed by atoms with Crippen LogP contribution in [0.2, 0.25) is 0 Å². The van der Waals surface area contributed by atoms with Gasteiger partial charge in [-0.05, 0) is 24.6 Å². The number of hydrogen-bond acceptors (Lipinski definition) is 6. The number of aromatic nitrogens is 3. The van der Waals surface area contributed by atoms with Crippen LogP contribution in [0.15, 0.2) is 53.3 Å². The molecule has 1 aliphatic heterocycles. The van der Waals surface area contributed by atoms with Crippen molar-refractivity contribution in [3.8, 4) is 11.4 Å². The predicted octanol–water partition coefficient (Wildman–Crippen LogP) is 2.72. The van der Waals surface area contributed by atoms with E-state index >= 15 is 0 Å². The van der Waals surface area contributed by atoms with Crippen molar-refractivity contribution in [1.29, 1.82) is 0 Å². The molecule has 1 saturated heterocycles. The molecule has 1 fully saturated rings. The highest BCUT2D eigenvalue weighted by Crippen LogP contribution is 2.15. The molecule has 150 valence electrons. The van der Waals surface area contributed by atoms with Crippen molar-refractivity contribution in [2.45, 2.75) is 26.3 Å². The van der Waals surface area contributed by atoms with Gasteiger partial charge in [0, 0.05) is 63.5 Å². The Morgan fingerprint density at radius 1 is 1.14 bits per heavy atom. The summed E-state index contributed by atoms with van der Waals surface area (Å²) in [7, 11) is 0. The Balaban J connectivity index is 1.24. The summed E-state index contributed by atoms with van der Waals surface area (Å²) in [6, 6.07) is 12.3. The Hall–Kier alpha value is -3.06. The first-order valence-electron chi connectivity index (χ1n) is 9.96. The lowest BCUT2D eigenvalue weighted by Gasteiger charge is -2.34. The first-order chi connectivity index (χ1) is 14.2. The molecular formula is C22H25N5O2. The summed E-state index contributed by atoms with van der Waals surface area (Å²) in [5.41, 5.74) is 3.41. The maximum atomic E-state index is 12.6. The quantitative estimate of drug-likeness (QED) is 0.643. The average molecular weight is 391 g/mol. The van der Waals surface area contributed by atoms with E-state index in [4.69, 9.17) is 4.52 Å². The van der Waals surface area contributed by atoms with Crippen LogP contribution >= 0.6 is 0 Å². The zero-order valence-corrected chi connectivity index (χ0v) is 16.6. The van der Waals surface area contributed by atoms with Gasteiger partial charge >= 0.3 is 0 Å².